The molecule has 0 amide bonds. The molecule has 2 heterocycles. The predicted molar refractivity (Wildman–Crippen MR) is 78.8 cm³/mol. The van der Waals surface area contributed by atoms with Crippen LogP contribution in [0.3, 0.4) is 0 Å². The average molecular weight is 361 g/mol. The highest BCUT2D eigenvalue weighted by atomic mass is 79.9. The SMILES string of the molecule is O=C(O)COC1(c2nc(Br)cs2)CCC2CNCC2C1. The van der Waals surface area contributed by atoms with Crippen LogP contribution in [-0.2, 0) is 15.1 Å². The predicted octanol–water partition coefficient (Wildman–Crippen LogP) is 2.22. The fourth-order valence-corrected chi connectivity index (χ4v) is 4.81. The first-order valence-electron chi connectivity index (χ1n) is 6.77. The van der Waals surface area contributed by atoms with Gasteiger partial charge >= 0.3 is 5.97 Å². The molecule has 1 saturated carbocycles. The summed E-state index contributed by atoms with van der Waals surface area (Å²) in [4.78, 5) is 15.4. The van der Waals surface area contributed by atoms with Gasteiger partial charge in [0.1, 0.15) is 21.8 Å². The molecule has 0 bridgehead atoms. The van der Waals surface area contributed by atoms with Gasteiger partial charge in [-0.15, -0.1) is 11.3 Å². The van der Waals surface area contributed by atoms with Gasteiger partial charge in [0.05, 0.1) is 0 Å². The van der Waals surface area contributed by atoms with Crippen molar-refractivity contribution >= 4 is 33.2 Å². The molecule has 5 nitrogen and oxygen atoms in total. The summed E-state index contributed by atoms with van der Waals surface area (Å²) in [6.45, 7) is 1.80. The number of thiazole rings is 1. The Labute approximate surface area is 129 Å². The number of hydrogen-bond acceptors (Lipinski definition) is 5. The Hall–Kier alpha value is -0.500. The van der Waals surface area contributed by atoms with Gasteiger partial charge in [-0.2, -0.15) is 0 Å². The second-order valence-corrected chi connectivity index (χ2v) is 7.24. The van der Waals surface area contributed by atoms with E-state index >= 15 is 0 Å². The molecular formula is C13H17BrN2O3S. The Morgan fingerprint density at radius 2 is 2.40 bits per heavy atom. The Kier molecular flexibility index (Phi) is 4.12. The Morgan fingerprint density at radius 1 is 1.60 bits per heavy atom. The van der Waals surface area contributed by atoms with Crippen LogP contribution >= 0.6 is 27.3 Å². The van der Waals surface area contributed by atoms with Crippen molar-refractivity contribution in [2.24, 2.45) is 11.8 Å². The zero-order valence-corrected chi connectivity index (χ0v) is 13.4. The van der Waals surface area contributed by atoms with E-state index in [4.69, 9.17) is 9.84 Å². The molecule has 2 fully saturated rings. The van der Waals surface area contributed by atoms with Crippen LogP contribution in [0, 0.1) is 11.8 Å². The molecule has 110 valence electrons. The second-order valence-electron chi connectivity index (χ2n) is 5.57. The summed E-state index contributed by atoms with van der Waals surface area (Å²) in [7, 11) is 0. The largest absolute Gasteiger partial charge is 0.480 e. The van der Waals surface area contributed by atoms with E-state index in [2.05, 4.69) is 26.2 Å². The van der Waals surface area contributed by atoms with Gasteiger partial charge in [-0.1, -0.05) is 0 Å². The van der Waals surface area contributed by atoms with Crippen molar-refractivity contribution in [1.29, 1.82) is 0 Å². The fraction of sp³-hybridized carbons (Fsp3) is 0.692. The molecule has 2 N–H and O–H groups in total. The minimum absolute atomic E-state index is 0.262. The highest BCUT2D eigenvalue weighted by molar-refractivity contribution is 9.10. The van der Waals surface area contributed by atoms with E-state index in [1.807, 2.05) is 5.38 Å². The summed E-state index contributed by atoms with van der Waals surface area (Å²) in [5.74, 6) is 0.326. The van der Waals surface area contributed by atoms with Gasteiger partial charge in [0.2, 0.25) is 0 Å². The van der Waals surface area contributed by atoms with Gasteiger partial charge in [-0.3, -0.25) is 0 Å². The summed E-state index contributed by atoms with van der Waals surface area (Å²) in [6.07, 6.45) is 2.77. The number of aromatic nitrogens is 1. The van der Waals surface area contributed by atoms with Crippen molar-refractivity contribution in [2.75, 3.05) is 19.7 Å². The molecule has 0 radical (unpaired) electrons. The molecule has 3 unspecified atom stereocenters. The minimum Gasteiger partial charge on any atom is -0.480 e. The third-order valence-corrected chi connectivity index (χ3v) is 6.07. The van der Waals surface area contributed by atoms with E-state index in [0.717, 1.165) is 42.0 Å². The first-order valence-corrected chi connectivity index (χ1v) is 8.44. The Morgan fingerprint density at radius 3 is 3.10 bits per heavy atom. The number of hydrogen-bond donors (Lipinski definition) is 2. The topological polar surface area (TPSA) is 71.5 Å². The molecule has 1 aliphatic carbocycles. The van der Waals surface area contributed by atoms with Crippen molar-refractivity contribution in [3.05, 3.63) is 15.0 Å². The third-order valence-electron chi connectivity index (χ3n) is 4.33. The third kappa shape index (κ3) is 2.77. The number of carboxylic acids is 1. The van der Waals surface area contributed by atoms with E-state index in [-0.39, 0.29) is 6.61 Å². The number of halogens is 1. The van der Waals surface area contributed by atoms with Gasteiger partial charge in [0, 0.05) is 5.38 Å². The highest BCUT2D eigenvalue weighted by Gasteiger charge is 2.46. The maximum absolute atomic E-state index is 10.9. The number of carbonyl (C=O) groups is 1. The number of nitrogens with zero attached hydrogens (tertiary/aromatic N) is 1. The van der Waals surface area contributed by atoms with E-state index in [1.54, 1.807) is 11.3 Å². The average Bonchev–Trinajstić information content (AvgIpc) is 3.04. The van der Waals surface area contributed by atoms with Crippen molar-refractivity contribution in [3.63, 3.8) is 0 Å². The van der Waals surface area contributed by atoms with Gasteiger partial charge < -0.3 is 15.2 Å². The van der Waals surface area contributed by atoms with Crippen LogP contribution in [0.2, 0.25) is 0 Å². The number of carboxylic acid groups (broad SMARTS) is 1. The summed E-state index contributed by atoms with van der Waals surface area (Å²) >= 11 is 4.92. The van der Waals surface area contributed by atoms with E-state index in [0.29, 0.717) is 11.8 Å². The van der Waals surface area contributed by atoms with Crippen LogP contribution in [0.15, 0.2) is 9.98 Å². The quantitative estimate of drug-likeness (QED) is 0.861. The number of rotatable bonds is 4. The van der Waals surface area contributed by atoms with Crippen molar-refractivity contribution in [1.82, 2.24) is 10.3 Å². The fourth-order valence-electron chi connectivity index (χ4n) is 3.36. The normalized spacial score (nSPS) is 33.0. The van der Waals surface area contributed by atoms with Gasteiger partial charge in [0.15, 0.2) is 0 Å². The maximum Gasteiger partial charge on any atom is 0.329 e. The van der Waals surface area contributed by atoms with Gasteiger partial charge in [-0.25, -0.2) is 9.78 Å². The zero-order valence-electron chi connectivity index (χ0n) is 11.0. The lowest BCUT2D eigenvalue weighted by molar-refractivity contribution is -0.156. The highest BCUT2D eigenvalue weighted by Crippen LogP contribution is 2.47. The standard InChI is InChI=1S/C13H17BrN2O3S/c14-10-7-20-12(16-10)13(19-6-11(17)18)2-1-8-4-15-5-9(8)3-13/h7-9,15H,1-6H2,(H,17,18). The zero-order chi connectivity index (χ0) is 14.2. The molecule has 3 rings (SSSR count). The molecule has 2 aliphatic rings. The van der Waals surface area contributed by atoms with Crippen LogP contribution in [0.25, 0.3) is 0 Å². The molecule has 1 aromatic rings. The second kappa shape index (κ2) is 5.71. The lowest BCUT2D eigenvalue weighted by Gasteiger charge is -2.40. The van der Waals surface area contributed by atoms with E-state index in [9.17, 15) is 4.79 Å². The summed E-state index contributed by atoms with van der Waals surface area (Å²) in [5.41, 5.74) is -0.526. The van der Waals surface area contributed by atoms with E-state index in [1.165, 1.54) is 0 Å². The van der Waals surface area contributed by atoms with Crippen molar-refractivity contribution in [3.8, 4) is 0 Å². The van der Waals surface area contributed by atoms with Crippen LogP contribution in [0.1, 0.15) is 24.3 Å². The molecule has 1 aliphatic heterocycles. The van der Waals surface area contributed by atoms with Gasteiger partial charge in [-0.05, 0) is 60.1 Å². The number of aliphatic carboxylic acids is 1. The van der Waals surface area contributed by atoms with Crippen LogP contribution in [0.4, 0.5) is 0 Å². The number of fused-ring (bicyclic) bond motifs is 1. The molecule has 1 saturated heterocycles. The first-order chi connectivity index (χ1) is 9.59. The molecule has 0 spiro atoms. The molecular weight excluding hydrogens is 344 g/mol. The summed E-state index contributed by atoms with van der Waals surface area (Å²) in [5, 5.41) is 15.2. The summed E-state index contributed by atoms with van der Waals surface area (Å²) < 4.78 is 6.63. The maximum atomic E-state index is 10.9. The number of nitrogens with one attached hydrogen (secondary N) is 1. The molecule has 3 atom stereocenters. The minimum atomic E-state index is -0.924. The summed E-state index contributed by atoms with van der Waals surface area (Å²) in [6, 6.07) is 0. The molecule has 20 heavy (non-hydrogen) atoms. The number of ether oxygens (including phenoxy) is 1. The van der Waals surface area contributed by atoms with Gasteiger partial charge in [0.25, 0.3) is 0 Å². The monoisotopic (exact) mass is 360 g/mol. The molecule has 1 aromatic heterocycles. The van der Waals surface area contributed by atoms with Crippen LogP contribution in [0.5, 0.6) is 0 Å². The first kappa shape index (κ1) is 14.4. The Bertz CT molecular complexity index is 510. The lowest BCUT2D eigenvalue weighted by atomic mass is 9.73. The van der Waals surface area contributed by atoms with E-state index < -0.39 is 11.6 Å². The Balaban J connectivity index is 1.85. The molecule has 7 heteroatoms. The van der Waals surface area contributed by atoms with Crippen LogP contribution in [-0.4, -0.2) is 35.8 Å². The van der Waals surface area contributed by atoms with Crippen LogP contribution < -0.4 is 5.32 Å². The molecule has 0 aromatic carbocycles. The van der Waals surface area contributed by atoms with Crippen molar-refractivity contribution in [2.45, 2.75) is 24.9 Å². The smallest absolute Gasteiger partial charge is 0.329 e. The van der Waals surface area contributed by atoms with Crippen molar-refractivity contribution < 1.29 is 14.6 Å². The lowest BCUT2D eigenvalue weighted by Crippen LogP contribution is -2.40.